The number of thiophene rings is 1. The predicted octanol–water partition coefficient (Wildman–Crippen LogP) is 5.83. The molecule has 0 radical (unpaired) electrons. The number of aromatic nitrogens is 1. The molecule has 0 saturated carbocycles. The molecule has 3 fully saturated rings. The molecule has 6 heterocycles. The maximum atomic E-state index is 14.9. The first kappa shape index (κ1) is 55.5. The normalized spacial score (nSPS) is 20.0. The summed E-state index contributed by atoms with van der Waals surface area (Å²) >= 11 is 2.20. The molecule has 408 valence electrons. The van der Waals surface area contributed by atoms with E-state index in [9.17, 15) is 61.5 Å². The molecule has 3 saturated heterocycles. The number of thiazole rings is 1. The summed E-state index contributed by atoms with van der Waals surface area (Å²) in [6.07, 6.45) is 3.77. The lowest BCUT2D eigenvalue weighted by Crippen LogP contribution is -2.61. The van der Waals surface area contributed by atoms with E-state index in [-0.39, 0.29) is 86.1 Å². The van der Waals surface area contributed by atoms with Crippen molar-refractivity contribution >= 4 is 87.6 Å². The molecule has 0 bridgehead atoms. The van der Waals surface area contributed by atoms with Crippen LogP contribution in [0.4, 0.5) is 8.78 Å². The molecule has 4 aliphatic heterocycles. The van der Waals surface area contributed by atoms with Crippen molar-refractivity contribution < 1.29 is 61.5 Å². The number of alkyl halides is 2. The van der Waals surface area contributed by atoms with Gasteiger partial charge in [0.2, 0.25) is 35.4 Å². The Bertz CT molecular complexity index is 3320. The average molecular weight is 1130 g/mol. The predicted molar refractivity (Wildman–Crippen MR) is 283 cm³/mol. The van der Waals surface area contributed by atoms with Crippen molar-refractivity contribution in [1.82, 2.24) is 35.6 Å². The zero-order chi connectivity index (χ0) is 55.5. The highest BCUT2D eigenvalue weighted by Crippen LogP contribution is 2.59. The summed E-state index contributed by atoms with van der Waals surface area (Å²) in [6, 6.07) is 14.5. The van der Waals surface area contributed by atoms with Gasteiger partial charge in [-0.3, -0.25) is 48.2 Å². The molecule has 1 unspecified atom stereocenters. The van der Waals surface area contributed by atoms with Crippen LogP contribution in [-0.4, -0.2) is 114 Å². The van der Waals surface area contributed by atoms with Gasteiger partial charge in [0.15, 0.2) is 0 Å². The fourth-order valence-corrected chi connectivity index (χ4v) is 12.7. The van der Waals surface area contributed by atoms with E-state index in [2.05, 4.69) is 27.8 Å². The van der Waals surface area contributed by atoms with Crippen molar-refractivity contribution in [1.29, 1.82) is 0 Å². The minimum Gasteiger partial charge on any atom is -0.370 e. The lowest BCUT2D eigenvalue weighted by atomic mass is 10.0. The Morgan fingerprint density at radius 2 is 1.74 bits per heavy atom. The van der Waals surface area contributed by atoms with Gasteiger partial charge in [-0.2, -0.15) is 8.78 Å². The van der Waals surface area contributed by atoms with Gasteiger partial charge in [0.25, 0.3) is 11.8 Å². The van der Waals surface area contributed by atoms with Gasteiger partial charge >= 0.3 is 13.3 Å². The zero-order valence-electron chi connectivity index (χ0n) is 42.0. The number of halogens is 2. The molecule has 0 aliphatic carbocycles. The molecular weight excluding hydrogens is 1070 g/mol. The Hall–Kier alpha value is -7.22. The Balaban J connectivity index is 0.879. The SMILES string of the molecule is NC(=O)CC[C@H](NC(=O)[C@@H]1CC[C@@H]2CCN(C(=O)CCCCCC#Cc3cccc4c3CN(C3CCC(=O)NC3=O)C4=O)C[C@H](NC(=O)c3cc4cc(C(F)(F)P(=O)(O)O)ccc4s3)C(=O)N21)c1nc(-c2ccccc2)cs1. The van der Waals surface area contributed by atoms with Crippen LogP contribution in [0.25, 0.3) is 21.3 Å². The van der Waals surface area contributed by atoms with Crippen LogP contribution in [0.3, 0.4) is 0 Å². The number of nitrogens with zero attached hydrogens (tertiary/aromatic N) is 4. The van der Waals surface area contributed by atoms with Crippen LogP contribution >= 0.6 is 30.3 Å². The molecule has 9 rings (SSSR count). The number of nitrogens with one attached hydrogen (secondary N) is 3. The number of piperidine rings is 1. The van der Waals surface area contributed by atoms with Crippen LogP contribution in [0.1, 0.15) is 125 Å². The summed E-state index contributed by atoms with van der Waals surface area (Å²) in [7, 11) is -5.90. The number of unbranched alkanes of at least 4 members (excludes halogenated alkanes) is 3. The van der Waals surface area contributed by atoms with E-state index in [4.69, 9.17) is 10.7 Å². The third kappa shape index (κ3) is 12.1. The highest BCUT2D eigenvalue weighted by atomic mass is 32.1. The number of imide groups is 1. The van der Waals surface area contributed by atoms with Crippen molar-refractivity contribution in [2.45, 2.75) is 119 Å². The van der Waals surface area contributed by atoms with E-state index in [1.807, 2.05) is 41.8 Å². The lowest BCUT2D eigenvalue weighted by Gasteiger charge is -2.39. The zero-order valence-corrected chi connectivity index (χ0v) is 44.5. The highest BCUT2D eigenvalue weighted by Gasteiger charge is 2.51. The molecule has 7 N–H and O–H groups in total. The van der Waals surface area contributed by atoms with Crippen LogP contribution in [0.2, 0.25) is 0 Å². The number of nitrogens with two attached hydrogens (primary N) is 1. The summed E-state index contributed by atoms with van der Waals surface area (Å²) < 4.78 is 41.4. The summed E-state index contributed by atoms with van der Waals surface area (Å²) in [6.45, 7) is 0.120. The molecule has 5 atom stereocenters. The molecule has 8 amide bonds. The van der Waals surface area contributed by atoms with Crippen molar-refractivity contribution in [3.8, 4) is 23.1 Å². The van der Waals surface area contributed by atoms with E-state index in [0.717, 1.165) is 29.0 Å². The third-order valence-electron chi connectivity index (χ3n) is 14.5. The van der Waals surface area contributed by atoms with Gasteiger partial charge in [-0.05, 0) is 86.2 Å². The number of carbonyl (C=O) groups excluding carboxylic acids is 8. The number of hydrogen-bond donors (Lipinski definition) is 6. The van der Waals surface area contributed by atoms with E-state index < -0.39 is 78.6 Å². The average Bonchev–Trinajstić information content (AvgIpc) is 4.25. The second-order valence-corrected chi connectivity index (χ2v) is 23.3. The second-order valence-electron chi connectivity index (χ2n) is 19.7. The van der Waals surface area contributed by atoms with E-state index >= 15 is 0 Å². The number of amides is 8. The fourth-order valence-electron chi connectivity index (χ4n) is 10.4. The molecular formula is C54H55F2N8O11PS2. The molecule has 0 spiro atoms. The third-order valence-corrected chi connectivity index (χ3v) is 17.6. The summed E-state index contributed by atoms with van der Waals surface area (Å²) in [5, 5.41) is 10.6. The van der Waals surface area contributed by atoms with Gasteiger partial charge in [-0.15, -0.1) is 22.7 Å². The Kier molecular flexibility index (Phi) is 16.7. The molecule has 3 aromatic carbocycles. The van der Waals surface area contributed by atoms with Gasteiger partial charge in [0.05, 0.1) is 16.6 Å². The monoisotopic (exact) mass is 1120 g/mol. The maximum Gasteiger partial charge on any atom is 0.399 e. The quantitative estimate of drug-likeness (QED) is 0.0278. The number of hydrogen-bond acceptors (Lipinski definition) is 12. The minimum absolute atomic E-state index is 0.0142. The topological polar surface area (TPSA) is 279 Å². The Morgan fingerprint density at radius 1 is 0.949 bits per heavy atom. The van der Waals surface area contributed by atoms with Crippen molar-refractivity contribution in [2.75, 3.05) is 13.1 Å². The largest absolute Gasteiger partial charge is 0.399 e. The smallest absolute Gasteiger partial charge is 0.370 e. The van der Waals surface area contributed by atoms with Crippen molar-refractivity contribution in [3.63, 3.8) is 0 Å². The number of rotatable bonds is 17. The van der Waals surface area contributed by atoms with Crippen LogP contribution in [0.15, 0.2) is 78.2 Å². The van der Waals surface area contributed by atoms with Gasteiger partial charge in [0.1, 0.15) is 23.1 Å². The molecule has 2 aromatic heterocycles. The molecule has 78 heavy (non-hydrogen) atoms. The highest BCUT2D eigenvalue weighted by molar-refractivity contribution is 7.52. The Morgan fingerprint density at radius 3 is 2.50 bits per heavy atom. The van der Waals surface area contributed by atoms with Gasteiger partial charge < -0.3 is 40.9 Å². The van der Waals surface area contributed by atoms with Gasteiger partial charge in [0, 0.05) is 83.7 Å². The summed E-state index contributed by atoms with van der Waals surface area (Å²) in [5.41, 5.74) is 3.45. The maximum absolute atomic E-state index is 14.9. The molecule has 5 aromatic rings. The van der Waals surface area contributed by atoms with E-state index in [1.165, 1.54) is 38.2 Å². The standard InChI is InChI=1S/C54H55F2N8O11PS2/c55-54(56,76(73,74)75)34-16-21-43-33(26-34)27-44(78-43)50(70)59-39-29-62(47(67)15-8-3-1-2-5-10-31-13-9-14-36-37(31)28-63(52(36)71)41-20-23-46(66)61-48(41)68)25-24-35-17-19-42(64(35)53(39)72)49(69)58-38(18-22-45(57)65)51-60-40(30-77-51)32-11-6-4-7-12-32/h4,6-7,9,11-14,16,21,26-27,30,35,38-39,41-42H,1-3,8,15,17-20,22-25,28-29H2,(H2,57,65)(H,58,69)(H,59,70)(H,61,66,68)(H2,73,74,75)/t35-,38+,39+,41?,42+/m1/s1. The number of benzene rings is 3. The van der Waals surface area contributed by atoms with Crippen LogP contribution in [-0.2, 0) is 45.5 Å². The van der Waals surface area contributed by atoms with Crippen LogP contribution in [0, 0.1) is 11.8 Å². The molecule has 24 heteroatoms. The first-order valence-electron chi connectivity index (χ1n) is 25.5. The van der Waals surface area contributed by atoms with Crippen LogP contribution in [0.5, 0.6) is 0 Å². The second kappa shape index (κ2) is 23.4. The van der Waals surface area contributed by atoms with Crippen molar-refractivity contribution in [2.24, 2.45) is 5.73 Å². The van der Waals surface area contributed by atoms with E-state index in [1.54, 1.807) is 12.1 Å². The molecule has 19 nitrogen and oxygen atoms in total. The summed E-state index contributed by atoms with van der Waals surface area (Å²) in [4.78, 5) is 135. The Labute approximate surface area is 454 Å². The van der Waals surface area contributed by atoms with Gasteiger partial charge in [-0.25, -0.2) is 4.98 Å². The van der Waals surface area contributed by atoms with Crippen molar-refractivity contribution in [3.05, 3.63) is 110 Å². The molecule has 4 aliphatic rings. The fraction of sp³-hybridized carbons (Fsp3) is 0.389. The number of fused-ring (bicyclic) bond motifs is 3. The van der Waals surface area contributed by atoms with Crippen LogP contribution < -0.4 is 21.7 Å². The number of carbonyl (C=O) groups is 8. The lowest BCUT2D eigenvalue weighted by molar-refractivity contribution is -0.145. The first-order chi connectivity index (χ1) is 37.3. The minimum atomic E-state index is -5.90. The first-order valence-corrected chi connectivity index (χ1v) is 28.8. The number of primary amides is 1. The van der Waals surface area contributed by atoms with Gasteiger partial charge in [-0.1, -0.05) is 60.7 Å². The van der Waals surface area contributed by atoms with E-state index in [0.29, 0.717) is 70.6 Å². The summed E-state index contributed by atoms with van der Waals surface area (Å²) in [5.74, 6) is 2.39.